The molecule has 26 heavy (non-hydrogen) atoms. The molecular weight excluding hydrogens is 370 g/mol. The smallest absolute Gasteiger partial charge is 0.266 e. The van der Waals surface area contributed by atoms with Crippen molar-refractivity contribution in [3.63, 3.8) is 0 Å². The molecular formula is C19H18ClN3O2S. The summed E-state index contributed by atoms with van der Waals surface area (Å²) < 4.78 is 1.61. The van der Waals surface area contributed by atoms with Gasteiger partial charge in [0.05, 0.1) is 16.6 Å². The number of hydrogen-bond acceptors (Lipinski definition) is 4. The number of benzene rings is 2. The fourth-order valence-corrected chi connectivity index (χ4v) is 3.56. The highest BCUT2D eigenvalue weighted by atomic mass is 35.5. The minimum atomic E-state index is -0.141. The van der Waals surface area contributed by atoms with Crippen LogP contribution in [0.1, 0.15) is 12.5 Å². The molecule has 3 aromatic rings. The van der Waals surface area contributed by atoms with Crippen LogP contribution < -0.4 is 10.9 Å². The average molecular weight is 388 g/mol. The number of hydrogen-bond donors (Lipinski definition) is 1. The van der Waals surface area contributed by atoms with Crippen LogP contribution in [0.4, 0.5) is 0 Å². The van der Waals surface area contributed by atoms with Gasteiger partial charge in [-0.2, -0.15) is 0 Å². The molecule has 2 aromatic carbocycles. The summed E-state index contributed by atoms with van der Waals surface area (Å²) in [5.41, 5.74) is 2.29. The number of nitrogens with one attached hydrogen (secondary N) is 1. The molecule has 0 aliphatic rings. The third kappa shape index (κ3) is 4.08. The van der Waals surface area contributed by atoms with Gasteiger partial charge in [0.15, 0.2) is 5.16 Å². The lowest BCUT2D eigenvalue weighted by molar-refractivity contribution is -0.118. The first-order chi connectivity index (χ1) is 12.5. The Morgan fingerprint density at radius 1 is 1.23 bits per heavy atom. The molecule has 134 valence electrons. The average Bonchev–Trinajstić information content (AvgIpc) is 2.59. The van der Waals surface area contributed by atoms with Crippen molar-refractivity contribution >= 4 is 40.2 Å². The molecule has 0 saturated carbocycles. The summed E-state index contributed by atoms with van der Waals surface area (Å²) in [4.78, 5) is 28.8. The quantitative estimate of drug-likeness (QED) is 0.413. The van der Waals surface area contributed by atoms with E-state index < -0.39 is 0 Å². The van der Waals surface area contributed by atoms with Crippen molar-refractivity contribution in [3.05, 3.63) is 63.4 Å². The van der Waals surface area contributed by atoms with Gasteiger partial charge in [0.1, 0.15) is 0 Å². The van der Waals surface area contributed by atoms with Crippen LogP contribution in [0.15, 0.2) is 52.4 Å². The van der Waals surface area contributed by atoms with E-state index in [2.05, 4.69) is 10.3 Å². The van der Waals surface area contributed by atoms with Gasteiger partial charge >= 0.3 is 0 Å². The first-order valence-electron chi connectivity index (χ1n) is 8.12. The predicted octanol–water partition coefficient (Wildman–Crippen LogP) is 3.58. The van der Waals surface area contributed by atoms with Gasteiger partial charge in [-0.1, -0.05) is 41.1 Å². The lowest BCUT2D eigenvalue weighted by Gasteiger charge is -2.13. The maximum absolute atomic E-state index is 13.1. The van der Waals surface area contributed by atoms with Gasteiger partial charge in [-0.15, -0.1) is 0 Å². The van der Waals surface area contributed by atoms with Gasteiger partial charge in [0.25, 0.3) is 5.56 Å². The number of rotatable bonds is 5. The lowest BCUT2D eigenvalue weighted by Crippen LogP contribution is -2.24. The Morgan fingerprint density at radius 3 is 2.65 bits per heavy atom. The summed E-state index contributed by atoms with van der Waals surface area (Å²) in [6.45, 7) is 3.97. The fourth-order valence-electron chi connectivity index (χ4n) is 2.53. The molecule has 1 aromatic heterocycles. The predicted molar refractivity (Wildman–Crippen MR) is 106 cm³/mol. The number of nitrogens with zero attached hydrogens (tertiary/aromatic N) is 2. The largest absolute Gasteiger partial charge is 0.356 e. The summed E-state index contributed by atoms with van der Waals surface area (Å²) in [6.07, 6.45) is 0. The Balaban J connectivity index is 2.09. The van der Waals surface area contributed by atoms with Crippen molar-refractivity contribution < 1.29 is 4.79 Å². The van der Waals surface area contributed by atoms with E-state index in [0.29, 0.717) is 33.4 Å². The number of fused-ring (bicyclic) bond motifs is 1. The summed E-state index contributed by atoms with van der Waals surface area (Å²) in [7, 11) is 0. The normalized spacial score (nSPS) is 10.9. The van der Waals surface area contributed by atoms with Crippen LogP contribution in [-0.2, 0) is 4.79 Å². The number of amides is 1. The van der Waals surface area contributed by atoms with Gasteiger partial charge in [-0.3, -0.25) is 14.2 Å². The molecule has 1 heterocycles. The molecule has 0 spiro atoms. The number of carbonyl (C=O) groups excluding carboxylic acids is 1. The summed E-state index contributed by atoms with van der Waals surface area (Å²) in [5.74, 6) is 0.518. The second kappa shape index (κ2) is 7.93. The van der Waals surface area contributed by atoms with Crippen molar-refractivity contribution in [2.45, 2.75) is 19.0 Å². The number of halogens is 1. The van der Waals surface area contributed by atoms with Gasteiger partial charge in [-0.05, 0) is 37.3 Å². The van der Waals surface area contributed by atoms with Crippen molar-refractivity contribution in [2.75, 3.05) is 12.3 Å². The summed E-state index contributed by atoms with van der Waals surface area (Å²) in [6, 6.07) is 12.8. The van der Waals surface area contributed by atoms with Crippen LogP contribution in [0.5, 0.6) is 0 Å². The number of thioether (sulfide) groups is 1. The zero-order chi connectivity index (χ0) is 18.7. The molecule has 0 saturated heterocycles. The third-order valence-corrected chi connectivity index (χ3v) is 4.98. The van der Waals surface area contributed by atoms with Gasteiger partial charge < -0.3 is 5.32 Å². The molecule has 5 nitrogen and oxygen atoms in total. The van der Waals surface area contributed by atoms with Crippen LogP contribution in [0.3, 0.4) is 0 Å². The van der Waals surface area contributed by atoms with Crippen LogP contribution in [0.25, 0.3) is 16.6 Å². The Labute approximate surface area is 160 Å². The first kappa shape index (κ1) is 18.5. The Bertz CT molecular complexity index is 1020. The molecule has 0 bridgehead atoms. The molecule has 0 aliphatic heterocycles. The highest BCUT2D eigenvalue weighted by molar-refractivity contribution is 7.99. The van der Waals surface area contributed by atoms with Gasteiger partial charge in [0, 0.05) is 24.2 Å². The molecule has 0 unspecified atom stereocenters. The molecule has 0 atom stereocenters. The van der Waals surface area contributed by atoms with Gasteiger partial charge in [0.2, 0.25) is 5.91 Å². The number of aryl methyl sites for hydroxylation is 1. The van der Waals surface area contributed by atoms with E-state index in [4.69, 9.17) is 11.6 Å². The van der Waals surface area contributed by atoms with Crippen LogP contribution in [-0.4, -0.2) is 27.8 Å². The number of aromatic nitrogens is 2. The van der Waals surface area contributed by atoms with Crippen molar-refractivity contribution in [3.8, 4) is 5.69 Å². The van der Waals surface area contributed by atoms with Crippen LogP contribution in [0.2, 0.25) is 5.02 Å². The second-order valence-corrected chi connectivity index (χ2v) is 7.36. The van der Waals surface area contributed by atoms with E-state index in [1.54, 1.807) is 22.8 Å². The Kier molecular flexibility index (Phi) is 5.64. The SMILES string of the molecule is CC(=O)NCCSc1nc2cc(Cl)ccc2c(=O)n1-c1ccc(C)cc1. The Morgan fingerprint density at radius 2 is 1.96 bits per heavy atom. The van der Waals surface area contributed by atoms with E-state index in [9.17, 15) is 9.59 Å². The van der Waals surface area contributed by atoms with E-state index in [1.165, 1.54) is 18.7 Å². The van der Waals surface area contributed by atoms with E-state index in [-0.39, 0.29) is 11.5 Å². The zero-order valence-electron chi connectivity index (χ0n) is 14.5. The minimum Gasteiger partial charge on any atom is -0.356 e. The molecule has 0 radical (unpaired) electrons. The van der Waals surface area contributed by atoms with Crippen LogP contribution >= 0.6 is 23.4 Å². The molecule has 0 fully saturated rings. The highest BCUT2D eigenvalue weighted by Gasteiger charge is 2.13. The molecule has 0 aliphatic carbocycles. The van der Waals surface area contributed by atoms with E-state index in [1.807, 2.05) is 31.2 Å². The van der Waals surface area contributed by atoms with Crippen molar-refractivity contribution in [1.82, 2.24) is 14.9 Å². The van der Waals surface area contributed by atoms with Crippen molar-refractivity contribution in [2.24, 2.45) is 0 Å². The maximum atomic E-state index is 13.1. The topological polar surface area (TPSA) is 64.0 Å². The number of carbonyl (C=O) groups is 1. The maximum Gasteiger partial charge on any atom is 0.266 e. The molecule has 7 heteroatoms. The van der Waals surface area contributed by atoms with E-state index in [0.717, 1.165) is 11.3 Å². The minimum absolute atomic E-state index is 0.0835. The third-order valence-electron chi connectivity index (χ3n) is 3.80. The fraction of sp³-hybridized carbons (Fsp3) is 0.211. The molecule has 1 N–H and O–H groups in total. The summed E-state index contributed by atoms with van der Waals surface area (Å²) >= 11 is 7.47. The van der Waals surface area contributed by atoms with Crippen molar-refractivity contribution in [1.29, 1.82) is 0 Å². The summed E-state index contributed by atoms with van der Waals surface area (Å²) in [5, 5.41) is 4.36. The monoisotopic (exact) mass is 387 g/mol. The second-order valence-electron chi connectivity index (χ2n) is 5.86. The Hall–Kier alpha value is -2.31. The van der Waals surface area contributed by atoms with E-state index >= 15 is 0 Å². The molecule has 1 amide bonds. The highest BCUT2D eigenvalue weighted by Crippen LogP contribution is 2.23. The van der Waals surface area contributed by atoms with Gasteiger partial charge in [-0.25, -0.2) is 4.98 Å². The lowest BCUT2D eigenvalue weighted by atomic mass is 10.2. The van der Waals surface area contributed by atoms with Crippen LogP contribution in [0, 0.1) is 6.92 Å². The standard InChI is InChI=1S/C19H18ClN3O2S/c1-12-3-6-15(7-4-12)23-18(25)16-8-5-14(20)11-17(16)22-19(23)26-10-9-21-13(2)24/h3-8,11H,9-10H2,1-2H3,(H,21,24). The molecule has 3 rings (SSSR count). The first-order valence-corrected chi connectivity index (χ1v) is 9.48. The zero-order valence-corrected chi connectivity index (χ0v) is 16.0.